The van der Waals surface area contributed by atoms with Gasteiger partial charge in [0.2, 0.25) is 0 Å². The molecule has 0 amide bonds. The second-order valence-electron chi connectivity index (χ2n) is 5.31. The Morgan fingerprint density at radius 3 is 2.67 bits per heavy atom. The third-order valence-corrected chi connectivity index (χ3v) is 3.54. The monoisotopic (exact) mass is 321 g/mol. The number of carbonyl (C=O) groups is 1. The van der Waals surface area contributed by atoms with E-state index < -0.39 is 5.97 Å². The lowest BCUT2D eigenvalue weighted by Gasteiger charge is -2.03. The first-order valence-electron chi connectivity index (χ1n) is 7.30. The number of aliphatic imine (C=N–C) groups is 1. The third kappa shape index (κ3) is 3.35. The molecule has 5 nitrogen and oxygen atoms in total. The van der Waals surface area contributed by atoms with Gasteiger partial charge in [-0.25, -0.2) is 4.79 Å². The second-order valence-corrected chi connectivity index (χ2v) is 5.31. The van der Waals surface area contributed by atoms with Crippen LogP contribution in [0.1, 0.15) is 21.7 Å². The first kappa shape index (κ1) is 15.6. The van der Waals surface area contributed by atoms with Gasteiger partial charge in [-0.2, -0.15) is 0 Å². The summed E-state index contributed by atoms with van der Waals surface area (Å²) in [6.45, 7) is 1.84. The number of phenolic OH excluding ortho intramolecular Hbond substituents is 1. The molecule has 1 aromatic heterocycles. The van der Waals surface area contributed by atoms with E-state index in [0.29, 0.717) is 17.2 Å². The van der Waals surface area contributed by atoms with E-state index in [9.17, 15) is 9.90 Å². The van der Waals surface area contributed by atoms with E-state index in [4.69, 9.17) is 9.52 Å². The van der Waals surface area contributed by atoms with Crippen LogP contribution in [-0.4, -0.2) is 22.4 Å². The fourth-order valence-corrected chi connectivity index (χ4v) is 2.35. The number of benzene rings is 2. The Morgan fingerprint density at radius 2 is 1.96 bits per heavy atom. The summed E-state index contributed by atoms with van der Waals surface area (Å²) in [5.41, 5.74) is 2.51. The molecule has 1 heterocycles. The molecule has 0 saturated carbocycles. The summed E-state index contributed by atoms with van der Waals surface area (Å²) in [6.07, 6.45) is 1.57. The molecule has 0 spiro atoms. The van der Waals surface area contributed by atoms with Crippen molar-refractivity contribution in [3.05, 3.63) is 71.5 Å². The molecule has 2 N–H and O–H groups in total. The Kier molecular flexibility index (Phi) is 4.16. The number of rotatable bonds is 4. The molecule has 120 valence electrons. The van der Waals surface area contributed by atoms with Gasteiger partial charge in [0.15, 0.2) is 0 Å². The lowest BCUT2D eigenvalue weighted by Crippen LogP contribution is -1.96. The SMILES string of the molecule is Cc1cc(C(=O)O)ccc1-c1ccc(C=Nc2cccc(O)c2)o1. The minimum absolute atomic E-state index is 0.152. The third-order valence-electron chi connectivity index (χ3n) is 3.54. The summed E-state index contributed by atoms with van der Waals surface area (Å²) in [6, 6.07) is 15.1. The number of hydrogen-bond donors (Lipinski definition) is 2. The topological polar surface area (TPSA) is 83.0 Å². The maximum atomic E-state index is 11.0. The van der Waals surface area contributed by atoms with Crippen molar-refractivity contribution in [1.82, 2.24) is 0 Å². The largest absolute Gasteiger partial charge is 0.508 e. The highest BCUT2D eigenvalue weighted by Gasteiger charge is 2.10. The van der Waals surface area contributed by atoms with Crippen LogP contribution in [0.15, 0.2) is 64.0 Å². The molecule has 0 aliphatic carbocycles. The van der Waals surface area contributed by atoms with Crippen molar-refractivity contribution in [3.8, 4) is 17.1 Å². The van der Waals surface area contributed by atoms with E-state index in [1.165, 1.54) is 0 Å². The lowest BCUT2D eigenvalue weighted by atomic mass is 10.0. The molecule has 0 fully saturated rings. The van der Waals surface area contributed by atoms with Gasteiger partial charge >= 0.3 is 5.97 Å². The van der Waals surface area contributed by atoms with Crippen LogP contribution >= 0.6 is 0 Å². The van der Waals surface area contributed by atoms with Crippen molar-refractivity contribution in [1.29, 1.82) is 0 Å². The lowest BCUT2D eigenvalue weighted by molar-refractivity contribution is 0.0697. The Morgan fingerprint density at radius 1 is 1.12 bits per heavy atom. The van der Waals surface area contributed by atoms with Crippen molar-refractivity contribution < 1.29 is 19.4 Å². The van der Waals surface area contributed by atoms with Crippen molar-refractivity contribution in [3.63, 3.8) is 0 Å². The minimum Gasteiger partial charge on any atom is -0.508 e. The zero-order valence-electron chi connectivity index (χ0n) is 12.9. The van der Waals surface area contributed by atoms with Crippen LogP contribution in [0.3, 0.4) is 0 Å². The van der Waals surface area contributed by atoms with Crippen molar-refractivity contribution >= 4 is 17.9 Å². The van der Waals surface area contributed by atoms with Crippen molar-refractivity contribution in [2.24, 2.45) is 4.99 Å². The Hall–Kier alpha value is -3.34. The first-order valence-corrected chi connectivity index (χ1v) is 7.30. The molecule has 0 bridgehead atoms. The van der Waals surface area contributed by atoms with Crippen molar-refractivity contribution in [2.75, 3.05) is 0 Å². The number of furan rings is 1. The van der Waals surface area contributed by atoms with E-state index in [0.717, 1.165) is 11.1 Å². The van der Waals surface area contributed by atoms with Crippen LogP contribution in [0.5, 0.6) is 5.75 Å². The number of nitrogens with zero attached hydrogens (tertiary/aromatic N) is 1. The van der Waals surface area contributed by atoms with Gasteiger partial charge in [-0.1, -0.05) is 12.1 Å². The number of hydrogen-bond acceptors (Lipinski definition) is 4. The van der Waals surface area contributed by atoms with Crippen LogP contribution in [0.4, 0.5) is 5.69 Å². The highest BCUT2D eigenvalue weighted by molar-refractivity contribution is 5.89. The van der Waals surface area contributed by atoms with E-state index in [1.54, 1.807) is 54.7 Å². The van der Waals surface area contributed by atoms with E-state index in [2.05, 4.69) is 4.99 Å². The predicted octanol–water partition coefficient (Wildman–Crippen LogP) is 4.41. The first-order chi connectivity index (χ1) is 11.5. The number of carboxylic acid groups (broad SMARTS) is 1. The highest BCUT2D eigenvalue weighted by Crippen LogP contribution is 2.26. The quantitative estimate of drug-likeness (QED) is 0.697. The van der Waals surface area contributed by atoms with Gasteiger partial charge in [-0.05, 0) is 48.9 Å². The average Bonchev–Trinajstić information content (AvgIpc) is 3.01. The van der Waals surface area contributed by atoms with Gasteiger partial charge < -0.3 is 14.6 Å². The van der Waals surface area contributed by atoms with E-state index in [-0.39, 0.29) is 11.3 Å². The second kappa shape index (κ2) is 6.42. The molecule has 3 rings (SSSR count). The molecular formula is C19H15NO4. The van der Waals surface area contributed by atoms with Crippen molar-refractivity contribution in [2.45, 2.75) is 6.92 Å². The molecule has 0 radical (unpaired) electrons. The molecule has 24 heavy (non-hydrogen) atoms. The van der Waals surface area contributed by atoms with Gasteiger partial charge in [0.05, 0.1) is 17.5 Å². The summed E-state index contributed by atoms with van der Waals surface area (Å²) < 4.78 is 5.74. The number of aromatic carboxylic acids is 1. The number of phenols is 1. The summed E-state index contributed by atoms with van der Waals surface area (Å²) in [7, 11) is 0. The zero-order chi connectivity index (χ0) is 17.1. The Bertz CT molecular complexity index is 925. The smallest absolute Gasteiger partial charge is 0.335 e. The fourth-order valence-electron chi connectivity index (χ4n) is 2.35. The molecule has 0 aliphatic rings. The standard InChI is InChI=1S/C19H15NO4/c1-12-9-13(19(22)23)5-7-17(12)18-8-6-16(24-18)11-20-14-3-2-4-15(21)10-14/h2-11,21H,1H3,(H,22,23). The summed E-state index contributed by atoms with van der Waals surface area (Å²) in [5.74, 6) is 0.402. The summed E-state index contributed by atoms with van der Waals surface area (Å²) >= 11 is 0. The highest BCUT2D eigenvalue weighted by atomic mass is 16.4. The van der Waals surface area contributed by atoms with Gasteiger partial charge in [-0.15, -0.1) is 0 Å². The molecule has 0 aliphatic heterocycles. The molecule has 5 heteroatoms. The summed E-state index contributed by atoms with van der Waals surface area (Å²) in [4.78, 5) is 15.2. The van der Waals surface area contributed by atoms with Crippen LogP contribution in [0.25, 0.3) is 11.3 Å². The molecule has 0 saturated heterocycles. The minimum atomic E-state index is -0.956. The molecule has 0 unspecified atom stereocenters. The van der Waals surface area contributed by atoms with Crippen LogP contribution < -0.4 is 0 Å². The van der Waals surface area contributed by atoms with Gasteiger partial charge in [0, 0.05) is 11.6 Å². The maximum Gasteiger partial charge on any atom is 0.335 e. The molecule has 2 aromatic carbocycles. The van der Waals surface area contributed by atoms with Crippen LogP contribution in [0.2, 0.25) is 0 Å². The summed E-state index contributed by atoms with van der Waals surface area (Å²) in [5, 5.41) is 18.4. The van der Waals surface area contributed by atoms with Gasteiger partial charge in [0.25, 0.3) is 0 Å². The molecule has 0 atom stereocenters. The van der Waals surface area contributed by atoms with Crippen LogP contribution in [0, 0.1) is 6.92 Å². The van der Waals surface area contributed by atoms with Crippen LogP contribution in [-0.2, 0) is 0 Å². The number of aryl methyl sites for hydroxylation is 1. The zero-order valence-corrected chi connectivity index (χ0v) is 12.9. The maximum absolute atomic E-state index is 11.0. The van der Waals surface area contributed by atoms with Gasteiger partial charge in [-0.3, -0.25) is 4.99 Å². The number of aromatic hydroxyl groups is 1. The number of carboxylic acids is 1. The normalized spacial score (nSPS) is 11.0. The Balaban J connectivity index is 1.84. The van der Waals surface area contributed by atoms with E-state index >= 15 is 0 Å². The predicted molar refractivity (Wildman–Crippen MR) is 91.2 cm³/mol. The molecular weight excluding hydrogens is 306 g/mol. The Labute approximate surface area is 138 Å². The fraction of sp³-hybridized carbons (Fsp3) is 0.0526. The van der Waals surface area contributed by atoms with Gasteiger partial charge in [0.1, 0.15) is 17.3 Å². The average molecular weight is 321 g/mol. The van der Waals surface area contributed by atoms with E-state index in [1.807, 2.05) is 13.0 Å². The molecule has 3 aromatic rings.